The third-order valence-corrected chi connectivity index (χ3v) is 2.07. The molecule has 0 aliphatic rings. The highest BCUT2D eigenvalue weighted by Crippen LogP contribution is 2.14. The molecule has 0 fully saturated rings. The normalized spacial score (nSPS) is 11.9. The molecule has 0 unspecified atom stereocenters. The number of para-hydroxylation sites is 1. The SMILES string of the molecule is CONC=N/C(C#N)=C(/C#N)N=Cc1ccccc1O. The molecule has 20 heavy (non-hydrogen) atoms. The molecule has 0 aromatic heterocycles. The fourth-order valence-corrected chi connectivity index (χ4v) is 1.16. The number of hydrogen-bond donors (Lipinski definition) is 2. The fraction of sp³-hybridized carbons (Fsp3) is 0.0769. The van der Waals surface area contributed by atoms with Crippen LogP contribution in [0.25, 0.3) is 0 Å². The van der Waals surface area contributed by atoms with Gasteiger partial charge in [-0.25, -0.2) is 9.98 Å². The maximum Gasteiger partial charge on any atom is 0.178 e. The molecule has 0 bridgehead atoms. The predicted molar refractivity (Wildman–Crippen MR) is 72.6 cm³/mol. The van der Waals surface area contributed by atoms with Gasteiger partial charge in [-0.1, -0.05) is 12.1 Å². The average molecular weight is 269 g/mol. The second-order valence-corrected chi connectivity index (χ2v) is 3.32. The molecule has 0 saturated heterocycles. The van der Waals surface area contributed by atoms with Gasteiger partial charge in [-0.3, -0.25) is 10.3 Å². The Morgan fingerprint density at radius 2 is 1.90 bits per heavy atom. The maximum absolute atomic E-state index is 9.55. The van der Waals surface area contributed by atoms with Gasteiger partial charge in [0.1, 0.15) is 24.2 Å². The Bertz CT molecular complexity index is 635. The topological polar surface area (TPSA) is 114 Å². The summed E-state index contributed by atoms with van der Waals surface area (Å²) in [5, 5.41) is 27.4. The zero-order valence-corrected chi connectivity index (χ0v) is 10.6. The standard InChI is InChI=1S/C13H11N5O2/c1-20-18-9-17-12(7-15)11(6-14)16-8-10-4-2-3-5-13(10)19/h2-5,8-9,19H,1H3,(H,17,18)/b12-11-,16-8?. The Hall–Kier alpha value is -3.16. The first kappa shape index (κ1) is 14.9. The molecule has 0 amide bonds. The van der Waals surface area contributed by atoms with E-state index in [-0.39, 0.29) is 17.1 Å². The lowest BCUT2D eigenvalue weighted by Gasteiger charge is -1.97. The molecule has 1 rings (SSSR count). The Morgan fingerprint density at radius 3 is 2.50 bits per heavy atom. The van der Waals surface area contributed by atoms with E-state index in [0.29, 0.717) is 5.56 Å². The second-order valence-electron chi connectivity index (χ2n) is 3.32. The molecule has 0 radical (unpaired) electrons. The van der Waals surface area contributed by atoms with E-state index in [1.807, 2.05) is 0 Å². The number of aromatic hydroxyl groups is 1. The van der Waals surface area contributed by atoms with E-state index in [1.54, 1.807) is 30.3 Å². The molecule has 7 heteroatoms. The molecule has 0 atom stereocenters. The van der Waals surface area contributed by atoms with Gasteiger partial charge in [-0.05, 0) is 12.1 Å². The molecule has 0 aliphatic carbocycles. The van der Waals surface area contributed by atoms with Crippen LogP contribution in [0, 0.1) is 22.7 Å². The number of nitrogens with one attached hydrogen (secondary N) is 1. The zero-order valence-electron chi connectivity index (χ0n) is 10.6. The molecule has 0 saturated carbocycles. The van der Waals surface area contributed by atoms with Crippen LogP contribution in [-0.4, -0.2) is 24.8 Å². The van der Waals surface area contributed by atoms with Gasteiger partial charge in [0.25, 0.3) is 0 Å². The summed E-state index contributed by atoms with van der Waals surface area (Å²) in [4.78, 5) is 12.1. The van der Waals surface area contributed by atoms with Crippen molar-refractivity contribution in [3.05, 3.63) is 41.2 Å². The lowest BCUT2D eigenvalue weighted by molar-refractivity contribution is 0.148. The number of benzene rings is 1. The molecule has 0 spiro atoms. The smallest absolute Gasteiger partial charge is 0.178 e. The minimum Gasteiger partial charge on any atom is -0.507 e. The van der Waals surface area contributed by atoms with Crippen LogP contribution in [0.5, 0.6) is 5.75 Å². The van der Waals surface area contributed by atoms with Crippen LogP contribution < -0.4 is 5.48 Å². The van der Waals surface area contributed by atoms with Crippen molar-refractivity contribution in [1.82, 2.24) is 5.48 Å². The Labute approximate surface area is 115 Å². The lowest BCUT2D eigenvalue weighted by Crippen LogP contribution is -2.07. The van der Waals surface area contributed by atoms with Gasteiger partial charge in [-0.2, -0.15) is 10.5 Å². The third-order valence-electron chi connectivity index (χ3n) is 2.07. The van der Waals surface area contributed by atoms with Crippen LogP contribution >= 0.6 is 0 Å². The van der Waals surface area contributed by atoms with Gasteiger partial charge < -0.3 is 5.11 Å². The maximum atomic E-state index is 9.55. The van der Waals surface area contributed by atoms with Crippen molar-refractivity contribution in [3.8, 4) is 17.9 Å². The summed E-state index contributed by atoms with van der Waals surface area (Å²) in [6, 6.07) is 10.00. The highest BCUT2D eigenvalue weighted by molar-refractivity contribution is 5.84. The van der Waals surface area contributed by atoms with Crippen LogP contribution in [0.2, 0.25) is 0 Å². The predicted octanol–water partition coefficient (Wildman–Crippen LogP) is 1.25. The van der Waals surface area contributed by atoms with Gasteiger partial charge >= 0.3 is 0 Å². The summed E-state index contributed by atoms with van der Waals surface area (Å²) in [5.74, 6) is 0.0246. The summed E-state index contributed by atoms with van der Waals surface area (Å²) in [7, 11) is 1.38. The van der Waals surface area contributed by atoms with Crippen molar-refractivity contribution in [2.75, 3.05) is 7.11 Å². The van der Waals surface area contributed by atoms with Gasteiger partial charge in [-0.15, -0.1) is 0 Å². The minimum absolute atomic E-state index is 0.0246. The van der Waals surface area contributed by atoms with E-state index >= 15 is 0 Å². The van der Waals surface area contributed by atoms with Crippen LogP contribution in [0.15, 0.2) is 45.6 Å². The molecule has 7 nitrogen and oxygen atoms in total. The van der Waals surface area contributed by atoms with E-state index in [4.69, 9.17) is 10.5 Å². The third kappa shape index (κ3) is 4.26. The van der Waals surface area contributed by atoms with Crippen LogP contribution in [0.3, 0.4) is 0 Å². The molecule has 1 aromatic rings. The van der Waals surface area contributed by atoms with E-state index in [2.05, 4.69) is 20.3 Å². The van der Waals surface area contributed by atoms with Crippen LogP contribution in [0.1, 0.15) is 5.56 Å². The van der Waals surface area contributed by atoms with E-state index in [1.165, 1.54) is 19.4 Å². The number of phenols is 1. The first-order chi connectivity index (χ1) is 9.72. The summed E-state index contributed by atoms with van der Waals surface area (Å²) in [6.45, 7) is 0. The second kappa shape index (κ2) is 8.03. The first-order valence-corrected chi connectivity index (χ1v) is 5.40. The highest BCUT2D eigenvalue weighted by Gasteiger charge is 2.03. The number of aliphatic imine (C=N–C) groups is 2. The van der Waals surface area contributed by atoms with Crippen LogP contribution in [0.4, 0.5) is 0 Å². The van der Waals surface area contributed by atoms with E-state index < -0.39 is 0 Å². The summed E-state index contributed by atoms with van der Waals surface area (Å²) < 4.78 is 0. The van der Waals surface area contributed by atoms with Crippen LogP contribution in [-0.2, 0) is 4.84 Å². The average Bonchev–Trinajstić information content (AvgIpc) is 2.47. The van der Waals surface area contributed by atoms with Gasteiger partial charge in [0.05, 0.1) is 7.11 Å². The van der Waals surface area contributed by atoms with Crippen molar-refractivity contribution in [3.63, 3.8) is 0 Å². The first-order valence-electron chi connectivity index (χ1n) is 5.40. The molecule has 0 aliphatic heterocycles. The largest absolute Gasteiger partial charge is 0.507 e. The molecule has 1 aromatic carbocycles. The van der Waals surface area contributed by atoms with E-state index in [0.717, 1.165) is 6.34 Å². The molecule has 0 heterocycles. The summed E-state index contributed by atoms with van der Waals surface area (Å²) >= 11 is 0. The van der Waals surface area contributed by atoms with Gasteiger partial charge in [0.15, 0.2) is 11.4 Å². The Balaban J connectivity index is 3.04. The summed E-state index contributed by atoms with van der Waals surface area (Å²) in [5.41, 5.74) is 2.37. The molecular weight excluding hydrogens is 258 g/mol. The lowest BCUT2D eigenvalue weighted by atomic mass is 10.2. The Morgan fingerprint density at radius 1 is 1.25 bits per heavy atom. The van der Waals surface area contributed by atoms with Crippen molar-refractivity contribution in [2.45, 2.75) is 0 Å². The number of allylic oxidation sites excluding steroid dienone is 2. The van der Waals surface area contributed by atoms with Crippen molar-refractivity contribution >= 4 is 12.6 Å². The number of hydroxylamine groups is 1. The minimum atomic E-state index is -0.177. The van der Waals surface area contributed by atoms with Gasteiger partial charge in [0, 0.05) is 11.8 Å². The van der Waals surface area contributed by atoms with Crippen molar-refractivity contribution in [2.24, 2.45) is 9.98 Å². The number of nitriles is 2. The number of phenolic OH excluding ortho intramolecular Hbond substituents is 1. The van der Waals surface area contributed by atoms with E-state index in [9.17, 15) is 5.11 Å². The zero-order chi connectivity index (χ0) is 14.8. The molecule has 100 valence electrons. The number of nitrogens with zero attached hydrogens (tertiary/aromatic N) is 4. The van der Waals surface area contributed by atoms with Gasteiger partial charge in [0.2, 0.25) is 0 Å². The molecule has 2 N–H and O–H groups in total. The molecular formula is C13H11N5O2. The highest BCUT2D eigenvalue weighted by atomic mass is 16.6. The Kier molecular flexibility index (Phi) is 5.98. The summed E-state index contributed by atoms with van der Waals surface area (Å²) in [6.07, 6.45) is 2.40. The monoisotopic (exact) mass is 269 g/mol. The number of rotatable bonds is 5. The van der Waals surface area contributed by atoms with Crippen molar-refractivity contribution < 1.29 is 9.94 Å². The fourth-order valence-electron chi connectivity index (χ4n) is 1.16. The quantitative estimate of drug-likeness (QED) is 0.361. The number of hydrogen-bond acceptors (Lipinski definition) is 6. The van der Waals surface area contributed by atoms with Crippen molar-refractivity contribution in [1.29, 1.82) is 10.5 Å².